The molecule has 1 atom stereocenters. The number of ether oxygens (including phenoxy) is 1. The fourth-order valence-electron chi connectivity index (χ4n) is 3.22. The van der Waals surface area contributed by atoms with Crippen LogP contribution in [0.2, 0.25) is 0 Å². The Morgan fingerprint density at radius 2 is 2.00 bits per heavy atom. The maximum atomic E-state index is 11.2. The van der Waals surface area contributed by atoms with Crippen molar-refractivity contribution in [3.05, 3.63) is 87.3 Å². The molecule has 8 nitrogen and oxygen atoms in total. The number of nitriles is 1. The number of non-ortho nitro benzene ring substituents is 1. The van der Waals surface area contributed by atoms with Crippen LogP contribution in [-0.2, 0) is 0 Å². The fraction of sp³-hybridized carbons (Fsp3) is 0.0526. The molecule has 0 aliphatic carbocycles. The van der Waals surface area contributed by atoms with Gasteiger partial charge in [0.1, 0.15) is 11.6 Å². The Labute approximate surface area is 153 Å². The van der Waals surface area contributed by atoms with Gasteiger partial charge in [-0.2, -0.15) is 5.26 Å². The number of benzene rings is 2. The number of nitro benzene ring substituents is 1. The Morgan fingerprint density at radius 3 is 2.70 bits per heavy atom. The topological polar surface area (TPSA) is 131 Å². The smallest absolute Gasteiger partial charge is 0.269 e. The second-order valence-electron chi connectivity index (χ2n) is 5.96. The molecule has 0 radical (unpaired) electrons. The predicted octanol–water partition coefficient (Wildman–Crippen LogP) is 3.20. The third-order valence-electron chi connectivity index (χ3n) is 4.42. The Balaban J connectivity index is 1.96. The van der Waals surface area contributed by atoms with Crippen LogP contribution in [0.15, 0.2) is 66.1 Å². The van der Waals surface area contributed by atoms with E-state index in [2.05, 4.69) is 16.3 Å². The second kappa shape index (κ2) is 6.31. The van der Waals surface area contributed by atoms with Crippen molar-refractivity contribution in [2.24, 2.45) is 5.73 Å². The molecule has 2 aromatic carbocycles. The molecule has 0 amide bonds. The highest BCUT2D eigenvalue weighted by molar-refractivity contribution is 5.71. The van der Waals surface area contributed by atoms with Crippen molar-refractivity contribution in [2.45, 2.75) is 5.92 Å². The van der Waals surface area contributed by atoms with Gasteiger partial charge in [0, 0.05) is 12.1 Å². The van der Waals surface area contributed by atoms with Crippen LogP contribution in [0.4, 0.5) is 5.69 Å². The molecule has 4 rings (SSSR count). The molecule has 1 aliphatic rings. The lowest BCUT2D eigenvalue weighted by Crippen LogP contribution is -2.21. The van der Waals surface area contributed by atoms with Gasteiger partial charge in [0.05, 0.1) is 22.1 Å². The number of fused-ring (bicyclic) bond motifs is 1. The molecule has 27 heavy (non-hydrogen) atoms. The summed E-state index contributed by atoms with van der Waals surface area (Å²) in [5.41, 5.74) is 8.74. The first-order valence-corrected chi connectivity index (χ1v) is 8.05. The van der Waals surface area contributed by atoms with Crippen molar-refractivity contribution in [3.8, 4) is 23.2 Å². The number of aromatic nitrogens is 2. The molecule has 132 valence electrons. The van der Waals surface area contributed by atoms with Gasteiger partial charge in [-0.05, 0) is 11.1 Å². The van der Waals surface area contributed by atoms with E-state index >= 15 is 0 Å². The van der Waals surface area contributed by atoms with Gasteiger partial charge in [-0.25, -0.2) is 0 Å². The standard InChI is InChI=1S/C19H13N5O3/c20-10-14-15(12-7-4-8-13(9-12)24(25)26)16-17(11-5-2-1-3-6-11)22-23-19(16)27-18(14)21/h1-9,15H,21H2,(H,22,23)/t15-/m0/s1. The first kappa shape index (κ1) is 16.4. The van der Waals surface area contributed by atoms with E-state index < -0.39 is 10.8 Å². The Bertz CT molecular complexity index is 1110. The van der Waals surface area contributed by atoms with Gasteiger partial charge < -0.3 is 10.5 Å². The summed E-state index contributed by atoms with van der Waals surface area (Å²) in [5, 5.41) is 28.0. The number of hydrogen-bond donors (Lipinski definition) is 2. The summed E-state index contributed by atoms with van der Waals surface area (Å²) >= 11 is 0. The lowest BCUT2D eigenvalue weighted by molar-refractivity contribution is -0.384. The van der Waals surface area contributed by atoms with Gasteiger partial charge in [0.15, 0.2) is 0 Å². The van der Waals surface area contributed by atoms with E-state index in [1.807, 2.05) is 30.3 Å². The Kier molecular flexibility index (Phi) is 3.82. The number of rotatable bonds is 3. The minimum atomic E-state index is -0.632. The normalized spacial score (nSPS) is 15.6. The third kappa shape index (κ3) is 2.67. The number of nitrogens with two attached hydrogens (primary N) is 1. The number of allylic oxidation sites excluding steroid dienone is 1. The van der Waals surface area contributed by atoms with Crippen LogP contribution in [0, 0.1) is 21.4 Å². The molecule has 3 aromatic rings. The Morgan fingerprint density at radius 1 is 1.22 bits per heavy atom. The van der Waals surface area contributed by atoms with E-state index in [1.165, 1.54) is 12.1 Å². The van der Waals surface area contributed by atoms with Gasteiger partial charge in [0.25, 0.3) is 5.69 Å². The Hall–Kier alpha value is -4.12. The van der Waals surface area contributed by atoms with E-state index in [1.54, 1.807) is 12.1 Å². The van der Waals surface area contributed by atoms with Crippen LogP contribution < -0.4 is 10.5 Å². The lowest BCUT2D eigenvalue weighted by atomic mass is 9.83. The minimum absolute atomic E-state index is 0.0624. The number of H-pyrrole nitrogens is 1. The van der Waals surface area contributed by atoms with Gasteiger partial charge in [-0.3, -0.25) is 15.2 Å². The van der Waals surface area contributed by atoms with Crippen molar-refractivity contribution in [1.29, 1.82) is 5.26 Å². The van der Waals surface area contributed by atoms with Gasteiger partial charge in [-0.1, -0.05) is 42.5 Å². The molecular weight excluding hydrogens is 346 g/mol. The minimum Gasteiger partial charge on any atom is -0.420 e. The lowest BCUT2D eigenvalue weighted by Gasteiger charge is -2.24. The van der Waals surface area contributed by atoms with Gasteiger partial charge in [-0.15, -0.1) is 5.10 Å². The van der Waals surface area contributed by atoms with Crippen LogP contribution in [0.1, 0.15) is 17.0 Å². The second-order valence-corrected chi connectivity index (χ2v) is 5.96. The average molecular weight is 359 g/mol. The zero-order valence-corrected chi connectivity index (χ0v) is 13.9. The van der Waals surface area contributed by atoms with Crippen LogP contribution in [0.3, 0.4) is 0 Å². The quantitative estimate of drug-likeness (QED) is 0.545. The number of nitro groups is 1. The molecule has 0 fully saturated rings. The summed E-state index contributed by atoms with van der Waals surface area (Å²) in [7, 11) is 0. The molecule has 2 heterocycles. The molecule has 0 spiro atoms. The van der Waals surface area contributed by atoms with Crippen molar-refractivity contribution >= 4 is 5.69 Å². The van der Waals surface area contributed by atoms with Crippen LogP contribution in [0.5, 0.6) is 5.88 Å². The number of nitrogens with zero attached hydrogens (tertiary/aromatic N) is 3. The van der Waals surface area contributed by atoms with Crippen molar-refractivity contribution in [3.63, 3.8) is 0 Å². The molecule has 0 saturated heterocycles. The summed E-state index contributed by atoms with van der Waals surface area (Å²) in [6.07, 6.45) is 0. The SMILES string of the molecule is N#CC1=C(N)Oc2n[nH]c(-c3ccccc3)c2[C@H]1c1cccc([N+](=O)[O-])c1. The van der Waals surface area contributed by atoms with Crippen molar-refractivity contribution in [1.82, 2.24) is 10.2 Å². The van der Waals surface area contributed by atoms with Crippen LogP contribution in [0.25, 0.3) is 11.3 Å². The maximum absolute atomic E-state index is 11.2. The molecule has 0 unspecified atom stereocenters. The third-order valence-corrected chi connectivity index (χ3v) is 4.42. The predicted molar refractivity (Wildman–Crippen MR) is 96.4 cm³/mol. The van der Waals surface area contributed by atoms with Gasteiger partial charge >= 0.3 is 0 Å². The molecule has 3 N–H and O–H groups in total. The molecule has 1 aromatic heterocycles. The van der Waals surface area contributed by atoms with E-state index in [9.17, 15) is 15.4 Å². The zero-order valence-electron chi connectivity index (χ0n) is 13.9. The first-order chi connectivity index (χ1) is 13.1. The highest BCUT2D eigenvalue weighted by Gasteiger charge is 2.36. The van der Waals surface area contributed by atoms with E-state index in [0.29, 0.717) is 16.8 Å². The fourth-order valence-corrected chi connectivity index (χ4v) is 3.22. The first-order valence-electron chi connectivity index (χ1n) is 8.05. The number of aromatic amines is 1. The molecule has 0 bridgehead atoms. The average Bonchev–Trinajstić information content (AvgIpc) is 3.11. The summed E-state index contributed by atoms with van der Waals surface area (Å²) in [6, 6.07) is 17.7. The summed E-state index contributed by atoms with van der Waals surface area (Å²) in [5.74, 6) is -0.443. The van der Waals surface area contributed by atoms with E-state index in [0.717, 1.165) is 5.56 Å². The summed E-state index contributed by atoms with van der Waals surface area (Å²) < 4.78 is 5.53. The highest BCUT2D eigenvalue weighted by atomic mass is 16.6. The summed E-state index contributed by atoms with van der Waals surface area (Å²) in [6.45, 7) is 0. The highest BCUT2D eigenvalue weighted by Crippen LogP contribution is 2.45. The van der Waals surface area contributed by atoms with Gasteiger partial charge in [0.2, 0.25) is 11.8 Å². The van der Waals surface area contributed by atoms with Crippen LogP contribution in [-0.4, -0.2) is 15.1 Å². The van der Waals surface area contributed by atoms with Crippen molar-refractivity contribution < 1.29 is 9.66 Å². The van der Waals surface area contributed by atoms with Crippen molar-refractivity contribution in [2.75, 3.05) is 0 Å². The molecular formula is C19H13N5O3. The summed E-state index contributed by atoms with van der Waals surface area (Å²) in [4.78, 5) is 10.7. The number of hydrogen-bond acceptors (Lipinski definition) is 6. The largest absolute Gasteiger partial charge is 0.420 e. The van der Waals surface area contributed by atoms with E-state index in [4.69, 9.17) is 10.5 Å². The van der Waals surface area contributed by atoms with Crippen LogP contribution >= 0.6 is 0 Å². The zero-order chi connectivity index (χ0) is 19.0. The maximum Gasteiger partial charge on any atom is 0.269 e. The molecule has 0 saturated carbocycles. The molecule has 8 heteroatoms. The van der Waals surface area contributed by atoms with E-state index in [-0.39, 0.29) is 23.0 Å². The monoisotopic (exact) mass is 359 g/mol. The molecule has 1 aliphatic heterocycles. The number of nitrogens with one attached hydrogen (secondary N) is 1.